The summed E-state index contributed by atoms with van der Waals surface area (Å²) in [6.07, 6.45) is 3.29. The lowest BCUT2D eigenvalue weighted by atomic mass is 9.93. The minimum Gasteiger partial charge on any atom is -0.299 e. The van der Waals surface area contributed by atoms with Gasteiger partial charge in [-0.1, -0.05) is 19.4 Å². The van der Waals surface area contributed by atoms with Gasteiger partial charge >= 0.3 is 0 Å². The van der Waals surface area contributed by atoms with E-state index in [1.54, 1.807) is 11.8 Å². The summed E-state index contributed by atoms with van der Waals surface area (Å²) in [5.74, 6) is 0.144. The van der Waals surface area contributed by atoms with Crippen molar-refractivity contribution in [3.63, 3.8) is 0 Å². The maximum absolute atomic E-state index is 12.3. The summed E-state index contributed by atoms with van der Waals surface area (Å²) in [5.41, 5.74) is 1.95. The van der Waals surface area contributed by atoms with Crippen LogP contribution < -0.4 is 0 Å². The lowest BCUT2D eigenvalue weighted by Crippen LogP contribution is -2.28. The van der Waals surface area contributed by atoms with Crippen LogP contribution in [0.2, 0.25) is 0 Å². The van der Waals surface area contributed by atoms with E-state index in [4.69, 9.17) is 0 Å². The van der Waals surface area contributed by atoms with Crippen molar-refractivity contribution >= 4 is 23.3 Å². The molecule has 0 fully saturated rings. The monoisotopic (exact) mass is 262 g/mol. The number of hydrogen-bond acceptors (Lipinski definition) is 3. The first kappa shape index (κ1) is 13.3. The molecule has 1 aliphatic heterocycles. The minimum absolute atomic E-state index is 0.00889. The lowest BCUT2D eigenvalue weighted by molar-refractivity contribution is -0.118. The molecule has 2 nitrogen and oxygen atoms in total. The predicted molar refractivity (Wildman–Crippen MR) is 74.3 cm³/mol. The van der Waals surface area contributed by atoms with Crippen molar-refractivity contribution in [3.8, 4) is 0 Å². The number of carbonyl (C=O) groups is 2. The molecule has 96 valence electrons. The Morgan fingerprint density at radius 3 is 2.89 bits per heavy atom. The third-order valence-electron chi connectivity index (χ3n) is 3.34. The van der Waals surface area contributed by atoms with E-state index in [1.165, 1.54) is 12.5 Å². The molecule has 2 rings (SSSR count). The van der Waals surface area contributed by atoms with Gasteiger partial charge in [-0.3, -0.25) is 9.59 Å². The number of Topliss-reactive ketones (excluding diaryl/α,β-unsaturated/α-hetero) is 2. The minimum atomic E-state index is -0.441. The molecule has 18 heavy (non-hydrogen) atoms. The quantitative estimate of drug-likeness (QED) is 0.779. The molecule has 0 aromatic heterocycles. The number of fused-ring (bicyclic) bond motifs is 1. The molecule has 0 radical (unpaired) electrons. The number of aryl methyl sites for hydroxylation is 1. The molecular weight excluding hydrogens is 244 g/mol. The van der Waals surface area contributed by atoms with Gasteiger partial charge in [0.1, 0.15) is 5.78 Å². The topological polar surface area (TPSA) is 34.1 Å². The maximum atomic E-state index is 12.3. The molecule has 1 heterocycles. The van der Waals surface area contributed by atoms with E-state index in [0.29, 0.717) is 5.75 Å². The summed E-state index contributed by atoms with van der Waals surface area (Å²) < 4.78 is 0. The zero-order valence-electron chi connectivity index (χ0n) is 10.9. The van der Waals surface area contributed by atoms with Crippen molar-refractivity contribution in [3.05, 3.63) is 29.3 Å². The van der Waals surface area contributed by atoms with Gasteiger partial charge in [0.05, 0.1) is 5.92 Å². The number of ketones is 2. The summed E-state index contributed by atoms with van der Waals surface area (Å²) in [4.78, 5) is 24.7. The van der Waals surface area contributed by atoms with Gasteiger partial charge < -0.3 is 0 Å². The molecule has 0 saturated carbocycles. The van der Waals surface area contributed by atoms with E-state index in [9.17, 15) is 9.59 Å². The molecule has 1 aliphatic rings. The standard InChI is InChI=1S/C15H18O2S/c1-3-4-5-11-6-7-14-12(8-11)15(17)13(9-18-14)10(2)16/h6-8,13H,3-5,9H2,1-2H3. The molecular formula is C15H18O2S. The third-order valence-corrected chi connectivity index (χ3v) is 4.51. The van der Waals surface area contributed by atoms with Crippen molar-refractivity contribution < 1.29 is 9.59 Å². The van der Waals surface area contributed by atoms with E-state index in [0.717, 1.165) is 29.7 Å². The van der Waals surface area contributed by atoms with E-state index in [1.807, 2.05) is 12.1 Å². The number of rotatable bonds is 4. The largest absolute Gasteiger partial charge is 0.299 e. The Labute approximate surface area is 112 Å². The second-order valence-corrected chi connectivity index (χ2v) is 5.83. The highest BCUT2D eigenvalue weighted by atomic mass is 32.2. The fourth-order valence-electron chi connectivity index (χ4n) is 2.17. The first-order chi connectivity index (χ1) is 8.63. The maximum Gasteiger partial charge on any atom is 0.175 e. The summed E-state index contributed by atoms with van der Waals surface area (Å²) >= 11 is 1.62. The first-order valence-electron chi connectivity index (χ1n) is 6.44. The molecule has 0 saturated heterocycles. The van der Waals surface area contributed by atoms with E-state index >= 15 is 0 Å². The van der Waals surface area contributed by atoms with Gasteiger partial charge in [-0.15, -0.1) is 11.8 Å². The van der Waals surface area contributed by atoms with E-state index < -0.39 is 5.92 Å². The van der Waals surface area contributed by atoms with Crippen molar-refractivity contribution in [2.24, 2.45) is 5.92 Å². The number of carbonyl (C=O) groups excluding carboxylic acids is 2. The molecule has 0 amide bonds. The highest BCUT2D eigenvalue weighted by Crippen LogP contribution is 2.34. The fraction of sp³-hybridized carbons (Fsp3) is 0.467. The number of benzene rings is 1. The molecule has 0 aliphatic carbocycles. The SMILES string of the molecule is CCCCc1ccc2c(c1)C(=O)C(C(C)=O)CS2. The predicted octanol–water partition coefficient (Wildman–Crippen LogP) is 3.52. The fourth-order valence-corrected chi connectivity index (χ4v) is 3.38. The molecule has 3 heteroatoms. The Morgan fingerprint density at radius 2 is 2.22 bits per heavy atom. The second-order valence-electron chi connectivity index (χ2n) is 4.77. The average molecular weight is 262 g/mol. The number of thioether (sulfide) groups is 1. The van der Waals surface area contributed by atoms with Crippen molar-refractivity contribution in [1.29, 1.82) is 0 Å². The first-order valence-corrected chi connectivity index (χ1v) is 7.42. The van der Waals surface area contributed by atoms with Gasteiger partial charge in [0.15, 0.2) is 5.78 Å². The number of unbranched alkanes of at least 4 members (excludes halogenated alkanes) is 1. The van der Waals surface area contributed by atoms with Crippen LogP contribution in [0.4, 0.5) is 0 Å². The van der Waals surface area contributed by atoms with Crippen LogP contribution in [0.15, 0.2) is 23.1 Å². The van der Waals surface area contributed by atoms with Crippen molar-refractivity contribution in [2.45, 2.75) is 38.0 Å². The summed E-state index contributed by atoms with van der Waals surface area (Å²) in [6, 6.07) is 6.11. The van der Waals surface area contributed by atoms with Gasteiger partial charge in [-0.2, -0.15) is 0 Å². The average Bonchev–Trinajstić information content (AvgIpc) is 2.36. The second kappa shape index (κ2) is 5.70. The zero-order chi connectivity index (χ0) is 13.1. The van der Waals surface area contributed by atoms with Gasteiger partial charge in [-0.05, 0) is 37.5 Å². The van der Waals surface area contributed by atoms with Gasteiger partial charge in [0.2, 0.25) is 0 Å². The van der Waals surface area contributed by atoms with Gasteiger partial charge in [-0.25, -0.2) is 0 Å². The van der Waals surface area contributed by atoms with Crippen LogP contribution in [-0.4, -0.2) is 17.3 Å². The van der Waals surface area contributed by atoms with E-state index in [-0.39, 0.29) is 11.6 Å². The molecule has 0 bridgehead atoms. The lowest BCUT2D eigenvalue weighted by Gasteiger charge is -2.21. The van der Waals surface area contributed by atoms with E-state index in [2.05, 4.69) is 13.0 Å². The Bertz CT molecular complexity index is 479. The van der Waals surface area contributed by atoms with Crippen LogP contribution in [0, 0.1) is 5.92 Å². The summed E-state index contributed by atoms with van der Waals surface area (Å²) in [6.45, 7) is 3.67. The van der Waals surface area contributed by atoms with Gasteiger partial charge in [0.25, 0.3) is 0 Å². The number of hydrogen-bond donors (Lipinski definition) is 0. The molecule has 1 atom stereocenters. The molecule has 0 spiro atoms. The van der Waals surface area contributed by atoms with Gasteiger partial charge in [0, 0.05) is 16.2 Å². The normalized spacial score (nSPS) is 18.6. The van der Waals surface area contributed by atoms with Crippen LogP contribution in [0.5, 0.6) is 0 Å². The Morgan fingerprint density at radius 1 is 1.44 bits per heavy atom. The van der Waals surface area contributed by atoms with Crippen LogP contribution in [0.1, 0.15) is 42.6 Å². The van der Waals surface area contributed by atoms with Crippen LogP contribution in [0.25, 0.3) is 0 Å². The molecule has 1 unspecified atom stereocenters. The Hall–Kier alpha value is -1.09. The molecule has 1 aromatic carbocycles. The van der Waals surface area contributed by atoms with Crippen molar-refractivity contribution in [2.75, 3.05) is 5.75 Å². The molecule has 0 N–H and O–H groups in total. The summed E-state index contributed by atoms with van der Waals surface area (Å²) in [5, 5.41) is 0. The summed E-state index contributed by atoms with van der Waals surface area (Å²) in [7, 11) is 0. The highest BCUT2D eigenvalue weighted by molar-refractivity contribution is 7.99. The Balaban J connectivity index is 2.27. The van der Waals surface area contributed by atoms with Crippen LogP contribution in [-0.2, 0) is 11.2 Å². The van der Waals surface area contributed by atoms with Crippen LogP contribution in [0.3, 0.4) is 0 Å². The smallest absolute Gasteiger partial charge is 0.175 e. The zero-order valence-corrected chi connectivity index (χ0v) is 11.7. The van der Waals surface area contributed by atoms with Crippen LogP contribution >= 0.6 is 11.8 Å². The molecule has 1 aromatic rings. The Kier molecular flexibility index (Phi) is 4.23. The van der Waals surface area contributed by atoms with Crippen molar-refractivity contribution in [1.82, 2.24) is 0 Å². The third kappa shape index (κ3) is 2.66. The highest BCUT2D eigenvalue weighted by Gasteiger charge is 2.31.